The molecule has 33 heavy (non-hydrogen) atoms. The van der Waals surface area contributed by atoms with Crippen LogP contribution in [0.3, 0.4) is 0 Å². The zero-order chi connectivity index (χ0) is 24.0. The van der Waals surface area contributed by atoms with Crippen LogP contribution in [0.2, 0.25) is 0 Å². The van der Waals surface area contributed by atoms with Gasteiger partial charge < -0.3 is 15.4 Å². The second-order valence-electron chi connectivity index (χ2n) is 7.26. The molecule has 9 heteroatoms. The van der Waals surface area contributed by atoms with Gasteiger partial charge in [0.1, 0.15) is 5.75 Å². The summed E-state index contributed by atoms with van der Waals surface area (Å²) in [5.41, 5.74) is 2.10. The fourth-order valence-corrected chi connectivity index (χ4v) is 4.38. The molecule has 0 fully saturated rings. The number of amides is 2. The summed E-state index contributed by atoms with van der Waals surface area (Å²) in [5, 5.41) is 5.46. The van der Waals surface area contributed by atoms with Gasteiger partial charge in [-0.3, -0.25) is 13.9 Å². The molecule has 0 aliphatic carbocycles. The summed E-state index contributed by atoms with van der Waals surface area (Å²) in [5.74, 6) is 0.0173. The molecule has 0 bridgehead atoms. The van der Waals surface area contributed by atoms with Crippen LogP contribution in [0.4, 0.5) is 11.4 Å². The molecule has 0 aliphatic rings. The van der Waals surface area contributed by atoms with Gasteiger partial charge in [0, 0.05) is 31.8 Å². The molecular weight excluding hydrogens is 442 g/mol. The number of rotatable bonds is 8. The van der Waals surface area contributed by atoms with E-state index in [9.17, 15) is 18.0 Å². The lowest BCUT2D eigenvalue weighted by Gasteiger charge is -2.20. The molecule has 0 radical (unpaired) electrons. The number of anilines is 2. The highest BCUT2D eigenvalue weighted by Crippen LogP contribution is 2.24. The number of benzene rings is 3. The highest BCUT2D eigenvalue weighted by Gasteiger charge is 2.22. The number of nitrogens with one attached hydrogen (secondary N) is 2. The Kier molecular flexibility index (Phi) is 7.34. The Bertz CT molecular complexity index is 1260. The van der Waals surface area contributed by atoms with Crippen molar-refractivity contribution in [3.05, 3.63) is 83.9 Å². The fourth-order valence-electron chi connectivity index (χ4n) is 3.13. The topological polar surface area (TPSA) is 105 Å². The van der Waals surface area contributed by atoms with Crippen LogP contribution < -0.4 is 19.7 Å². The van der Waals surface area contributed by atoms with Crippen molar-refractivity contribution in [2.45, 2.75) is 18.4 Å². The molecule has 3 rings (SSSR count). The molecule has 0 saturated heterocycles. The van der Waals surface area contributed by atoms with Crippen molar-refractivity contribution in [3.63, 3.8) is 0 Å². The lowest BCUT2D eigenvalue weighted by Crippen LogP contribution is -2.27. The summed E-state index contributed by atoms with van der Waals surface area (Å²) in [6.45, 7) is 1.64. The fraction of sp³-hybridized carbons (Fsp3) is 0.167. The molecule has 0 spiro atoms. The number of carbonyl (C=O) groups excluding carboxylic acids is 2. The first kappa shape index (κ1) is 23.8. The van der Waals surface area contributed by atoms with Crippen molar-refractivity contribution in [1.29, 1.82) is 0 Å². The van der Waals surface area contributed by atoms with Gasteiger partial charge in [0.15, 0.2) is 0 Å². The van der Waals surface area contributed by atoms with Crippen LogP contribution in [0.1, 0.15) is 22.8 Å². The van der Waals surface area contributed by atoms with Crippen LogP contribution in [0, 0.1) is 0 Å². The van der Waals surface area contributed by atoms with E-state index in [1.165, 1.54) is 39.3 Å². The van der Waals surface area contributed by atoms with Crippen molar-refractivity contribution >= 4 is 33.2 Å². The molecule has 0 saturated carbocycles. The van der Waals surface area contributed by atoms with E-state index in [1.807, 2.05) is 6.07 Å². The maximum atomic E-state index is 13.1. The van der Waals surface area contributed by atoms with E-state index >= 15 is 0 Å². The molecule has 0 aromatic heterocycles. The molecule has 8 nitrogen and oxygen atoms in total. The zero-order valence-electron chi connectivity index (χ0n) is 18.5. The van der Waals surface area contributed by atoms with Gasteiger partial charge >= 0.3 is 0 Å². The van der Waals surface area contributed by atoms with Crippen LogP contribution in [-0.4, -0.2) is 34.4 Å². The molecule has 3 aromatic carbocycles. The highest BCUT2D eigenvalue weighted by molar-refractivity contribution is 7.92. The Labute approximate surface area is 193 Å². The molecule has 0 heterocycles. The van der Waals surface area contributed by atoms with Crippen molar-refractivity contribution in [2.24, 2.45) is 0 Å². The largest absolute Gasteiger partial charge is 0.497 e. The minimum Gasteiger partial charge on any atom is -0.497 e. The first-order valence-electron chi connectivity index (χ1n) is 10.1. The number of ether oxygens (including phenoxy) is 1. The SMILES string of the molecule is COc1ccc(N(C)S(=O)(=O)c2cccc(C(=O)NCc3cccc(NC(C)=O)c3)c2)cc1. The number of carbonyl (C=O) groups is 2. The lowest BCUT2D eigenvalue weighted by atomic mass is 10.1. The summed E-state index contributed by atoms with van der Waals surface area (Å²) in [4.78, 5) is 23.9. The van der Waals surface area contributed by atoms with Gasteiger partial charge in [-0.25, -0.2) is 8.42 Å². The third kappa shape index (κ3) is 5.89. The molecule has 2 N–H and O–H groups in total. The minimum absolute atomic E-state index is 0.00104. The molecular formula is C24H25N3O5S. The Morgan fingerprint density at radius 3 is 2.33 bits per heavy atom. The predicted molar refractivity (Wildman–Crippen MR) is 127 cm³/mol. The monoisotopic (exact) mass is 467 g/mol. The maximum Gasteiger partial charge on any atom is 0.264 e. The predicted octanol–water partition coefficient (Wildman–Crippen LogP) is 3.41. The first-order chi connectivity index (χ1) is 15.7. The van der Waals surface area contributed by atoms with Crippen LogP contribution in [-0.2, 0) is 21.4 Å². The van der Waals surface area contributed by atoms with Crippen LogP contribution in [0.25, 0.3) is 0 Å². The molecule has 0 aliphatic heterocycles. The normalized spacial score (nSPS) is 10.9. The van der Waals surface area contributed by atoms with E-state index in [0.29, 0.717) is 17.1 Å². The summed E-state index contributed by atoms with van der Waals surface area (Å²) in [6.07, 6.45) is 0. The summed E-state index contributed by atoms with van der Waals surface area (Å²) in [7, 11) is -0.896. The Morgan fingerprint density at radius 1 is 0.970 bits per heavy atom. The van der Waals surface area contributed by atoms with E-state index in [4.69, 9.17) is 4.74 Å². The van der Waals surface area contributed by atoms with Crippen LogP contribution in [0.15, 0.2) is 77.7 Å². The Balaban J connectivity index is 1.74. The minimum atomic E-state index is -3.88. The Hall–Kier alpha value is -3.85. The van der Waals surface area contributed by atoms with Crippen molar-refractivity contribution < 1.29 is 22.7 Å². The maximum absolute atomic E-state index is 13.1. The van der Waals surface area contributed by atoms with Crippen LogP contribution in [0.5, 0.6) is 5.75 Å². The smallest absolute Gasteiger partial charge is 0.264 e. The quantitative estimate of drug-likeness (QED) is 0.528. The number of nitrogens with zero attached hydrogens (tertiary/aromatic N) is 1. The highest BCUT2D eigenvalue weighted by atomic mass is 32.2. The summed E-state index contributed by atoms with van der Waals surface area (Å²) < 4.78 is 32.4. The third-order valence-electron chi connectivity index (χ3n) is 4.89. The van der Waals surface area contributed by atoms with E-state index < -0.39 is 15.9 Å². The third-order valence-corrected chi connectivity index (χ3v) is 6.67. The average Bonchev–Trinajstić information content (AvgIpc) is 2.82. The molecule has 0 unspecified atom stereocenters. The van der Waals surface area contributed by atoms with Gasteiger partial charge in [-0.15, -0.1) is 0 Å². The Morgan fingerprint density at radius 2 is 1.67 bits per heavy atom. The van der Waals surface area contributed by atoms with E-state index in [-0.39, 0.29) is 22.9 Å². The molecule has 172 valence electrons. The van der Waals surface area contributed by atoms with E-state index in [1.54, 1.807) is 48.5 Å². The lowest BCUT2D eigenvalue weighted by molar-refractivity contribution is -0.114. The molecule has 3 aromatic rings. The first-order valence-corrected chi connectivity index (χ1v) is 11.5. The molecule has 2 amide bonds. The van der Waals surface area contributed by atoms with E-state index in [2.05, 4.69) is 10.6 Å². The number of hydrogen-bond donors (Lipinski definition) is 2. The van der Waals surface area contributed by atoms with Crippen molar-refractivity contribution in [3.8, 4) is 5.75 Å². The summed E-state index contributed by atoms with van der Waals surface area (Å²) >= 11 is 0. The van der Waals surface area contributed by atoms with Gasteiger partial charge in [0.05, 0.1) is 17.7 Å². The number of hydrogen-bond acceptors (Lipinski definition) is 5. The van der Waals surface area contributed by atoms with Gasteiger partial charge in [0.2, 0.25) is 5.91 Å². The van der Waals surface area contributed by atoms with E-state index in [0.717, 1.165) is 9.87 Å². The standard InChI is InChI=1S/C24H25N3O5S/c1-17(28)26-20-8-4-6-18(14-20)16-25-24(29)19-7-5-9-23(15-19)33(30,31)27(2)21-10-12-22(32-3)13-11-21/h4-15H,16H2,1-3H3,(H,25,29)(H,26,28). The second-order valence-corrected chi connectivity index (χ2v) is 9.23. The number of sulfonamides is 1. The van der Waals surface area contributed by atoms with Gasteiger partial charge in [-0.2, -0.15) is 0 Å². The molecule has 0 atom stereocenters. The van der Waals surface area contributed by atoms with Crippen molar-refractivity contribution in [2.75, 3.05) is 23.8 Å². The van der Waals surface area contributed by atoms with Gasteiger partial charge in [-0.1, -0.05) is 18.2 Å². The zero-order valence-corrected chi connectivity index (χ0v) is 19.3. The van der Waals surface area contributed by atoms with Gasteiger partial charge in [0.25, 0.3) is 15.9 Å². The van der Waals surface area contributed by atoms with Crippen LogP contribution >= 0.6 is 0 Å². The average molecular weight is 468 g/mol. The summed E-state index contributed by atoms with van der Waals surface area (Å²) in [6, 6.07) is 19.6. The second kappa shape index (κ2) is 10.2. The van der Waals surface area contributed by atoms with Crippen molar-refractivity contribution in [1.82, 2.24) is 5.32 Å². The number of methoxy groups -OCH3 is 1. The van der Waals surface area contributed by atoms with Gasteiger partial charge in [-0.05, 0) is 60.2 Å².